The standard InChI is InChI=1S/C22H29FN2O3S/c1-14(2)16-6-8-17(9-7-16)22(15(3)4)24-13-21(26)25-20-12-18(29(5,27)28)10-11-19(20)23/h6-12,14-15,22,24H,13H2,1-5H3,(H,25,26)/t22-/m0/s1. The molecule has 0 unspecified atom stereocenters. The summed E-state index contributed by atoms with van der Waals surface area (Å²) in [6.45, 7) is 8.35. The Morgan fingerprint density at radius 3 is 2.10 bits per heavy atom. The summed E-state index contributed by atoms with van der Waals surface area (Å²) in [7, 11) is -3.49. The minimum Gasteiger partial charge on any atom is -0.322 e. The Hall–Kier alpha value is -2.25. The molecule has 29 heavy (non-hydrogen) atoms. The van der Waals surface area contributed by atoms with E-state index in [0.29, 0.717) is 5.92 Å². The summed E-state index contributed by atoms with van der Waals surface area (Å²) < 4.78 is 37.3. The SMILES string of the molecule is CC(C)c1ccc([C@@H](NCC(=O)Nc2cc(S(C)(=O)=O)ccc2F)C(C)C)cc1. The van der Waals surface area contributed by atoms with Gasteiger partial charge in [0.1, 0.15) is 5.82 Å². The minimum absolute atomic E-state index is 0.0304. The average molecular weight is 421 g/mol. The van der Waals surface area contributed by atoms with Crippen LogP contribution in [0.25, 0.3) is 0 Å². The number of sulfone groups is 1. The van der Waals surface area contributed by atoms with Crippen molar-refractivity contribution in [2.24, 2.45) is 5.92 Å². The number of nitrogens with one attached hydrogen (secondary N) is 2. The van der Waals surface area contributed by atoms with Gasteiger partial charge in [-0.1, -0.05) is 52.0 Å². The van der Waals surface area contributed by atoms with Crippen molar-refractivity contribution in [1.82, 2.24) is 5.32 Å². The van der Waals surface area contributed by atoms with Gasteiger partial charge in [0.05, 0.1) is 17.1 Å². The molecule has 0 heterocycles. The number of hydrogen-bond acceptors (Lipinski definition) is 4. The maximum Gasteiger partial charge on any atom is 0.238 e. The van der Waals surface area contributed by atoms with Crippen molar-refractivity contribution in [3.05, 3.63) is 59.4 Å². The van der Waals surface area contributed by atoms with Gasteiger partial charge >= 0.3 is 0 Å². The molecule has 2 aromatic rings. The Kier molecular flexibility index (Phi) is 7.54. The summed E-state index contributed by atoms with van der Waals surface area (Å²) in [5, 5.41) is 5.67. The van der Waals surface area contributed by atoms with Crippen LogP contribution >= 0.6 is 0 Å². The molecule has 1 amide bonds. The molecule has 0 saturated heterocycles. The van der Waals surface area contributed by atoms with Crippen molar-refractivity contribution in [1.29, 1.82) is 0 Å². The Balaban J connectivity index is 2.08. The van der Waals surface area contributed by atoms with E-state index in [4.69, 9.17) is 0 Å². The molecule has 0 saturated carbocycles. The third kappa shape index (κ3) is 6.37. The minimum atomic E-state index is -3.49. The molecule has 5 nitrogen and oxygen atoms in total. The highest BCUT2D eigenvalue weighted by Gasteiger charge is 2.18. The lowest BCUT2D eigenvalue weighted by atomic mass is 9.93. The second-order valence-corrected chi connectivity index (χ2v) is 9.90. The van der Waals surface area contributed by atoms with Gasteiger partial charge in [-0.05, 0) is 41.2 Å². The van der Waals surface area contributed by atoms with Crippen LogP contribution in [-0.2, 0) is 14.6 Å². The number of benzene rings is 2. The van der Waals surface area contributed by atoms with Crippen LogP contribution in [0.1, 0.15) is 50.8 Å². The molecule has 1 atom stereocenters. The summed E-state index contributed by atoms with van der Waals surface area (Å²) in [5.41, 5.74) is 2.17. The van der Waals surface area contributed by atoms with Crippen LogP contribution < -0.4 is 10.6 Å². The molecule has 0 aliphatic heterocycles. The van der Waals surface area contributed by atoms with E-state index >= 15 is 0 Å². The molecule has 0 fully saturated rings. The zero-order valence-electron chi connectivity index (χ0n) is 17.5. The number of carbonyl (C=O) groups is 1. The molecule has 0 aromatic heterocycles. The molecule has 0 radical (unpaired) electrons. The second kappa shape index (κ2) is 9.50. The molecule has 0 aliphatic rings. The van der Waals surface area contributed by atoms with Crippen molar-refractivity contribution >= 4 is 21.4 Å². The monoisotopic (exact) mass is 420 g/mol. The number of anilines is 1. The van der Waals surface area contributed by atoms with E-state index in [1.807, 2.05) is 0 Å². The fraction of sp³-hybridized carbons (Fsp3) is 0.409. The largest absolute Gasteiger partial charge is 0.322 e. The van der Waals surface area contributed by atoms with E-state index in [2.05, 4.69) is 62.6 Å². The highest BCUT2D eigenvalue weighted by molar-refractivity contribution is 7.90. The van der Waals surface area contributed by atoms with Crippen LogP contribution in [0.2, 0.25) is 0 Å². The van der Waals surface area contributed by atoms with Crippen molar-refractivity contribution in [2.75, 3.05) is 18.1 Å². The third-order valence-electron chi connectivity index (χ3n) is 4.75. The van der Waals surface area contributed by atoms with E-state index in [0.717, 1.165) is 24.0 Å². The fourth-order valence-electron chi connectivity index (χ4n) is 3.05. The molecular formula is C22H29FN2O3S. The highest BCUT2D eigenvalue weighted by Crippen LogP contribution is 2.24. The van der Waals surface area contributed by atoms with E-state index in [1.165, 1.54) is 11.6 Å². The maximum atomic E-state index is 14.0. The Morgan fingerprint density at radius 2 is 1.59 bits per heavy atom. The molecule has 7 heteroatoms. The first kappa shape index (κ1) is 23.0. The third-order valence-corrected chi connectivity index (χ3v) is 5.86. The van der Waals surface area contributed by atoms with Gasteiger partial charge in [0.15, 0.2) is 9.84 Å². The van der Waals surface area contributed by atoms with Gasteiger partial charge in [0.25, 0.3) is 0 Å². The van der Waals surface area contributed by atoms with Gasteiger partial charge in [0.2, 0.25) is 5.91 Å². The van der Waals surface area contributed by atoms with Crippen LogP contribution in [0.4, 0.5) is 10.1 Å². The molecule has 0 aliphatic carbocycles. The summed E-state index contributed by atoms with van der Waals surface area (Å²) in [5.74, 6) is -0.453. The number of rotatable bonds is 8. The van der Waals surface area contributed by atoms with Gasteiger partial charge in [-0.3, -0.25) is 4.79 Å². The number of carbonyl (C=O) groups excluding carboxylic acids is 1. The Labute approximate surface area is 172 Å². The van der Waals surface area contributed by atoms with Gasteiger partial charge in [-0.2, -0.15) is 0 Å². The van der Waals surface area contributed by atoms with Crippen LogP contribution in [0, 0.1) is 11.7 Å². The molecule has 158 valence electrons. The molecule has 2 N–H and O–H groups in total. The van der Waals surface area contributed by atoms with Crippen LogP contribution in [0.15, 0.2) is 47.4 Å². The Morgan fingerprint density at radius 1 is 1.00 bits per heavy atom. The zero-order chi connectivity index (χ0) is 21.8. The maximum absolute atomic E-state index is 14.0. The topological polar surface area (TPSA) is 75.3 Å². The van der Waals surface area contributed by atoms with Crippen molar-refractivity contribution < 1.29 is 17.6 Å². The summed E-state index contributed by atoms with van der Waals surface area (Å²) >= 11 is 0. The van der Waals surface area contributed by atoms with E-state index < -0.39 is 21.6 Å². The van der Waals surface area contributed by atoms with Crippen LogP contribution in [0.5, 0.6) is 0 Å². The first-order valence-electron chi connectivity index (χ1n) is 9.61. The molecule has 2 rings (SSSR count). The lowest BCUT2D eigenvalue weighted by Gasteiger charge is -2.23. The van der Waals surface area contributed by atoms with Crippen molar-refractivity contribution in [2.45, 2.75) is 44.6 Å². The first-order chi connectivity index (χ1) is 13.5. The van der Waals surface area contributed by atoms with Gasteiger partial charge < -0.3 is 10.6 Å². The van der Waals surface area contributed by atoms with Gasteiger partial charge in [-0.25, -0.2) is 12.8 Å². The summed E-state index contributed by atoms with van der Waals surface area (Å²) in [6, 6.07) is 11.6. The lowest BCUT2D eigenvalue weighted by molar-refractivity contribution is -0.115. The second-order valence-electron chi connectivity index (χ2n) is 7.89. The predicted molar refractivity (Wildman–Crippen MR) is 114 cm³/mol. The van der Waals surface area contributed by atoms with Gasteiger partial charge in [0, 0.05) is 12.3 Å². The van der Waals surface area contributed by atoms with E-state index in [9.17, 15) is 17.6 Å². The fourth-order valence-corrected chi connectivity index (χ4v) is 3.70. The lowest BCUT2D eigenvalue weighted by Crippen LogP contribution is -2.33. The predicted octanol–water partition coefficient (Wildman–Crippen LogP) is 4.28. The summed E-state index contributed by atoms with van der Waals surface area (Å²) in [6.07, 6.45) is 1.03. The summed E-state index contributed by atoms with van der Waals surface area (Å²) in [4.78, 5) is 12.3. The van der Waals surface area contributed by atoms with Crippen molar-refractivity contribution in [3.8, 4) is 0 Å². The first-order valence-corrected chi connectivity index (χ1v) is 11.5. The smallest absolute Gasteiger partial charge is 0.238 e. The normalized spacial score (nSPS) is 13.0. The quantitative estimate of drug-likeness (QED) is 0.625. The molecule has 0 spiro atoms. The molecular weight excluding hydrogens is 391 g/mol. The van der Waals surface area contributed by atoms with Crippen LogP contribution in [0.3, 0.4) is 0 Å². The van der Waals surface area contributed by atoms with Crippen molar-refractivity contribution in [3.63, 3.8) is 0 Å². The highest BCUT2D eigenvalue weighted by atomic mass is 32.2. The molecule has 2 aromatic carbocycles. The zero-order valence-corrected chi connectivity index (χ0v) is 18.3. The van der Waals surface area contributed by atoms with Crippen LogP contribution in [-0.4, -0.2) is 27.1 Å². The number of amides is 1. The van der Waals surface area contributed by atoms with E-state index in [-0.39, 0.29) is 29.1 Å². The number of hydrogen-bond donors (Lipinski definition) is 2. The van der Waals surface area contributed by atoms with Gasteiger partial charge in [-0.15, -0.1) is 0 Å². The average Bonchev–Trinajstić information content (AvgIpc) is 2.63. The Bertz CT molecular complexity index is 955. The molecule has 0 bridgehead atoms. The van der Waals surface area contributed by atoms with E-state index in [1.54, 1.807) is 0 Å². The number of halogens is 1.